The molecule has 26 heavy (non-hydrogen) atoms. The Hall–Kier alpha value is -2.96. The first-order valence-electron chi connectivity index (χ1n) is 8.09. The van der Waals surface area contributed by atoms with Crippen LogP contribution in [0.15, 0.2) is 52.3 Å². The van der Waals surface area contributed by atoms with Gasteiger partial charge in [-0.2, -0.15) is 0 Å². The van der Waals surface area contributed by atoms with Crippen molar-refractivity contribution in [3.63, 3.8) is 0 Å². The Morgan fingerprint density at radius 1 is 1.31 bits per heavy atom. The number of aliphatic hydroxyl groups is 1. The van der Waals surface area contributed by atoms with Crippen LogP contribution in [0.4, 0.5) is 14.5 Å². The lowest BCUT2D eigenvalue weighted by Crippen LogP contribution is -2.31. The van der Waals surface area contributed by atoms with Gasteiger partial charge in [0.2, 0.25) is 0 Å². The SMILES string of the molecule is CC(C)CC(=O)C1=C(O)C(=O)N(c2cc(F)ccc2F)C1c1ccco1. The maximum absolute atomic E-state index is 14.3. The van der Waals surface area contributed by atoms with E-state index in [1.807, 2.05) is 13.8 Å². The number of anilines is 1. The van der Waals surface area contributed by atoms with Crippen LogP contribution < -0.4 is 4.90 Å². The molecule has 1 aromatic heterocycles. The van der Waals surface area contributed by atoms with E-state index in [1.165, 1.54) is 12.3 Å². The zero-order valence-electron chi connectivity index (χ0n) is 14.2. The number of hydrogen-bond acceptors (Lipinski definition) is 4. The number of rotatable bonds is 5. The van der Waals surface area contributed by atoms with Gasteiger partial charge in [-0.05, 0) is 30.2 Å². The van der Waals surface area contributed by atoms with Crippen molar-refractivity contribution in [3.8, 4) is 0 Å². The van der Waals surface area contributed by atoms with Crippen LogP contribution in [0.2, 0.25) is 0 Å². The molecule has 3 rings (SSSR count). The van der Waals surface area contributed by atoms with Crippen molar-refractivity contribution in [2.45, 2.75) is 26.3 Å². The van der Waals surface area contributed by atoms with Gasteiger partial charge < -0.3 is 9.52 Å². The maximum atomic E-state index is 14.3. The van der Waals surface area contributed by atoms with Crippen LogP contribution in [0.1, 0.15) is 32.1 Å². The van der Waals surface area contributed by atoms with Crippen molar-refractivity contribution in [3.05, 3.63) is 65.3 Å². The Morgan fingerprint density at radius 3 is 2.65 bits per heavy atom. The van der Waals surface area contributed by atoms with Gasteiger partial charge in [-0.15, -0.1) is 0 Å². The lowest BCUT2D eigenvalue weighted by molar-refractivity contribution is -0.118. The summed E-state index contributed by atoms with van der Waals surface area (Å²) < 4.78 is 33.3. The molecule has 0 radical (unpaired) electrons. The Balaban J connectivity index is 2.15. The van der Waals surface area contributed by atoms with Gasteiger partial charge in [0.25, 0.3) is 5.91 Å². The number of hydrogen-bond donors (Lipinski definition) is 1. The van der Waals surface area contributed by atoms with Gasteiger partial charge in [0.15, 0.2) is 11.5 Å². The van der Waals surface area contributed by atoms with Gasteiger partial charge in [0.05, 0.1) is 17.5 Å². The van der Waals surface area contributed by atoms with E-state index in [0.29, 0.717) is 0 Å². The number of benzene rings is 1. The van der Waals surface area contributed by atoms with Crippen molar-refractivity contribution in [1.82, 2.24) is 0 Å². The van der Waals surface area contributed by atoms with Crippen LogP contribution >= 0.6 is 0 Å². The summed E-state index contributed by atoms with van der Waals surface area (Å²) in [5.74, 6) is -3.68. The molecular formula is C19H17F2NO4. The van der Waals surface area contributed by atoms with E-state index in [9.17, 15) is 23.5 Å². The number of carbonyl (C=O) groups excluding carboxylic acids is 2. The van der Waals surface area contributed by atoms with Crippen molar-refractivity contribution >= 4 is 17.4 Å². The quantitative estimate of drug-likeness (QED) is 0.871. The summed E-state index contributed by atoms with van der Waals surface area (Å²) in [5.41, 5.74) is -0.558. The number of halogens is 2. The van der Waals surface area contributed by atoms with E-state index in [4.69, 9.17) is 4.42 Å². The van der Waals surface area contributed by atoms with E-state index in [1.54, 1.807) is 6.07 Å². The molecule has 1 atom stereocenters. The lowest BCUT2D eigenvalue weighted by Gasteiger charge is -2.25. The topological polar surface area (TPSA) is 70.8 Å². The second kappa shape index (κ2) is 6.74. The molecule has 1 aliphatic rings. The molecular weight excluding hydrogens is 344 g/mol. The molecule has 0 spiro atoms. The second-order valence-electron chi connectivity index (χ2n) is 6.47. The van der Waals surface area contributed by atoms with Gasteiger partial charge in [0, 0.05) is 12.5 Å². The molecule has 1 aromatic carbocycles. The highest BCUT2D eigenvalue weighted by atomic mass is 19.1. The zero-order chi connectivity index (χ0) is 19.0. The normalized spacial score (nSPS) is 17.5. The molecule has 1 amide bonds. The average molecular weight is 361 g/mol. The molecule has 7 heteroatoms. The highest BCUT2D eigenvalue weighted by molar-refractivity contribution is 6.16. The number of nitrogens with zero attached hydrogens (tertiary/aromatic N) is 1. The van der Waals surface area contributed by atoms with E-state index < -0.39 is 35.1 Å². The predicted molar refractivity (Wildman–Crippen MR) is 89.4 cm³/mol. The monoisotopic (exact) mass is 361 g/mol. The Bertz CT molecular complexity index is 887. The van der Waals surface area contributed by atoms with Crippen molar-refractivity contribution in [2.75, 3.05) is 4.90 Å². The van der Waals surface area contributed by atoms with Crippen LogP contribution in [-0.4, -0.2) is 16.8 Å². The molecule has 2 heterocycles. The van der Waals surface area contributed by atoms with Gasteiger partial charge in [0.1, 0.15) is 23.4 Å². The highest BCUT2D eigenvalue weighted by Crippen LogP contribution is 2.42. The van der Waals surface area contributed by atoms with Crippen LogP contribution in [0.5, 0.6) is 0 Å². The number of furan rings is 1. The fraction of sp³-hybridized carbons (Fsp3) is 0.263. The van der Waals surface area contributed by atoms with Crippen molar-refractivity contribution in [1.29, 1.82) is 0 Å². The third-order valence-corrected chi connectivity index (χ3v) is 4.08. The summed E-state index contributed by atoms with van der Waals surface area (Å²) >= 11 is 0. The molecule has 0 fully saturated rings. The van der Waals surface area contributed by atoms with E-state index in [0.717, 1.165) is 23.1 Å². The molecule has 1 unspecified atom stereocenters. The summed E-state index contributed by atoms with van der Waals surface area (Å²) in [5, 5.41) is 10.3. The largest absolute Gasteiger partial charge is 0.503 e. The first kappa shape index (κ1) is 17.8. The van der Waals surface area contributed by atoms with Crippen LogP contribution in [0.3, 0.4) is 0 Å². The van der Waals surface area contributed by atoms with Gasteiger partial charge >= 0.3 is 0 Å². The minimum atomic E-state index is -1.17. The average Bonchev–Trinajstić information content (AvgIpc) is 3.17. The molecule has 1 N–H and O–H groups in total. The van der Waals surface area contributed by atoms with Crippen LogP contribution in [0.25, 0.3) is 0 Å². The molecule has 2 aromatic rings. The number of aliphatic hydroxyl groups excluding tert-OH is 1. The maximum Gasteiger partial charge on any atom is 0.294 e. The number of amides is 1. The van der Waals surface area contributed by atoms with Crippen LogP contribution in [-0.2, 0) is 9.59 Å². The minimum absolute atomic E-state index is 0.0184. The third-order valence-electron chi connectivity index (χ3n) is 4.08. The summed E-state index contributed by atoms with van der Waals surface area (Å²) in [6.45, 7) is 3.64. The fourth-order valence-electron chi connectivity index (χ4n) is 3.01. The summed E-state index contributed by atoms with van der Waals surface area (Å²) in [6.07, 6.45) is 1.42. The lowest BCUT2D eigenvalue weighted by atomic mass is 9.95. The Kier molecular flexibility index (Phi) is 4.63. The van der Waals surface area contributed by atoms with Crippen LogP contribution in [0, 0.1) is 17.6 Å². The Labute approximate surface area is 148 Å². The summed E-state index contributed by atoms with van der Waals surface area (Å²) in [4.78, 5) is 26.1. The van der Waals surface area contributed by atoms with E-state index in [2.05, 4.69) is 0 Å². The standard InChI is InChI=1S/C19H17F2NO4/c1-10(2)8-14(23)16-17(15-4-3-7-26-15)22(19(25)18(16)24)13-9-11(20)5-6-12(13)21/h3-7,9-10,17,24H,8H2,1-2H3. The van der Waals surface area contributed by atoms with Gasteiger partial charge in [-0.25, -0.2) is 8.78 Å². The first-order chi connectivity index (χ1) is 12.3. The number of carbonyl (C=O) groups is 2. The molecule has 0 saturated heterocycles. The zero-order valence-corrected chi connectivity index (χ0v) is 14.2. The fourth-order valence-corrected chi connectivity index (χ4v) is 3.01. The smallest absolute Gasteiger partial charge is 0.294 e. The van der Waals surface area contributed by atoms with E-state index in [-0.39, 0.29) is 29.4 Å². The minimum Gasteiger partial charge on any atom is -0.503 e. The van der Waals surface area contributed by atoms with Crippen molar-refractivity contribution < 1.29 is 27.9 Å². The summed E-state index contributed by atoms with van der Waals surface area (Å²) in [7, 11) is 0. The molecule has 0 saturated carbocycles. The first-order valence-corrected chi connectivity index (χ1v) is 8.09. The Morgan fingerprint density at radius 2 is 2.04 bits per heavy atom. The molecule has 0 aliphatic carbocycles. The van der Waals surface area contributed by atoms with Gasteiger partial charge in [-0.1, -0.05) is 13.8 Å². The van der Waals surface area contributed by atoms with Gasteiger partial charge in [-0.3, -0.25) is 14.5 Å². The summed E-state index contributed by atoms with van der Waals surface area (Å²) in [6, 6.07) is 4.51. The highest BCUT2D eigenvalue weighted by Gasteiger charge is 2.46. The molecule has 0 bridgehead atoms. The number of Topliss-reactive ketones (excluding diaryl/α,β-unsaturated/α-hetero) is 1. The molecule has 136 valence electrons. The van der Waals surface area contributed by atoms with Crippen molar-refractivity contribution in [2.24, 2.45) is 5.92 Å². The van der Waals surface area contributed by atoms with E-state index >= 15 is 0 Å². The third kappa shape index (κ3) is 3.00. The molecule has 5 nitrogen and oxygen atoms in total. The number of ketones is 1. The predicted octanol–water partition coefficient (Wildman–Crippen LogP) is 4.07. The second-order valence-corrected chi connectivity index (χ2v) is 6.47. The molecule has 1 aliphatic heterocycles.